The molecule has 0 saturated heterocycles. The zero-order chi connectivity index (χ0) is 27.8. The van der Waals surface area contributed by atoms with E-state index in [1.807, 2.05) is 66.7 Å². The van der Waals surface area contributed by atoms with Gasteiger partial charge in [0.25, 0.3) is 8.32 Å². The molecule has 38 heavy (non-hydrogen) atoms. The third kappa shape index (κ3) is 6.50. The maximum absolute atomic E-state index is 12.8. The number of hydrogen-bond acceptors (Lipinski definition) is 5. The predicted molar refractivity (Wildman–Crippen MR) is 150 cm³/mol. The first-order valence-electron chi connectivity index (χ1n) is 12.6. The first-order chi connectivity index (χ1) is 18.1. The van der Waals surface area contributed by atoms with Gasteiger partial charge in [0, 0.05) is 14.2 Å². The molecule has 0 aromatic heterocycles. The third-order valence-electron chi connectivity index (χ3n) is 6.70. The lowest BCUT2D eigenvalue weighted by molar-refractivity contribution is -0.148. The minimum atomic E-state index is -2.94. The second-order valence-corrected chi connectivity index (χ2v) is 14.5. The molecule has 7 nitrogen and oxygen atoms in total. The molecule has 3 rings (SSSR count). The summed E-state index contributed by atoms with van der Waals surface area (Å²) in [7, 11) is -0.105. The molecule has 0 fully saturated rings. The summed E-state index contributed by atoms with van der Waals surface area (Å²) in [6.07, 6.45) is -1.70. The number of carboxylic acid groups (broad SMARTS) is 1. The van der Waals surface area contributed by atoms with Gasteiger partial charge in [-0.2, -0.15) is 0 Å². The van der Waals surface area contributed by atoms with Crippen molar-refractivity contribution in [1.29, 1.82) is 0 Å². The molecular weight excluding hydrogens is 498 g/mol. The Kier molecular flexibility index (Phi) is 9.85. The van der Waals surface area contributed by atoms with Crippen molar-refractivity contribution in [3.63, 3.8) is 0 Å². The van der Waals surface area contributed by atoms with Crippen LogP contribution in [0.2, 0.25) is 5.04 Å². The minimum absolute atomic E-state index is 0.0307. The van der Waals surface area contributed by atoms with E-state index in [0.29, 0.717) is 0 Å². The Morgan fingerprint density at radius 1 is 0.868 bits per heavy atom. The van der Waals surface area contributed by atoms with Crippen LogP contribution in [0.15, 0.2) is 91.0 Å². The summed E-state index contributed by atoms with van der Waals surface area (Å²) < 4.78 is 17.9. The number of carbonyl (C=O) groups excluding carboxylic acids is 1. The Bertz CT molecular complexity index is 1130. The molecule has 0 aliphatic carbocycles. The summed E-state index contributed by atoms with van der Waals surface area (Å²) in [5.74, 6) is -1.21. The number of benzene rings is 3. The number of rotatable bonds is 11. The van der Waals surface area contributed by atoms with E-state index in [1.54, 1.807) is 0 Å². The van der Waals surface area contributed by atoms with Crippen LogP contribution in [0.1, 0.15) is 26.3 Å². The minimum Gasteiger partial charge on any atom is -0.480 e. The van der Waals surface area contributed by atoms with Crippen molar-refractivity contribution in [3.05, 3.63) is 96.6 Å². The van der Waals surface area contributed by atoms with Gasteiger partial charge in [0.2, 0.25) is 0 Å². The molecule has 1 amide bonds. The van der Waals surface area contributed by atoms with Gasteiger partial charge < -0.3 is 19.0 Å². The second-order valence-electron chi connectivity index (χ2n) is 10.2. The molecule has 3 aromatic carbocycles. The SMILES string of the molecule is CO[C@H](CO[Si](c1ccccc1)(c1ccccc1)C(C)(C)C)C(C(=O)O)N(C)C(=O)OCc1ccccc1. The fourth-order valence-electron chi connectivity index (χ4n) is 4.77. The molecule has 1 N–H and O–H groups in total. The van der Waals surface area contributed by atoms with Gasteiger partial charge in [-0.25, -0.2) is 9.59 Å². The highest BCUT2D eigenvalue weighted by Crippen LogP contribution is 2.37. The molecule has 3 aromatic rings. The van der Waals surface area contributed by atoms with Gasteiger partial charge in [-0.3, -0.25) is 4.90 Å². The van der Waals surface area contributed by atoms with Crippen LogP contribution in [0.4, 0.5) is 4.79 Å². The first-order valence-corrected chi connectivity index (χ1v) is 14.5. The standard InChI is InChI=1S/C30H37NO6Si/c1-30(2,3)38(24-17-11-7-12-18-24,25-19-13-8-14-20-25)37-22-26(35-5)27(28(32)33)31(4)29(34)36-21-23-15-9-6-10-16-23/h6-20,26-27H,21-22H2,1-5H3,(H,32,33)/t26-,27?/m1/s1. The highest BCUT2D eigenvalue weighted by molar-refractivity contribution is 6.99. The number of ether oxygens (including phenoxy) is 2. The first kappa shape index (κ1) is 29.1. The lowest BCUT2D eigenvalue weighted by atomic mass is 10.1. The van der Waals surface area contributed by atoms with Crippen molar-refractivity contribution >= 4 is 30.8 Å². The maximum Gasteiger partial charge on any atom is 0.410 e. The Balaban J connectivity index is 1.90. The molecule has 0 aliphatic heterocycles. The van der Waals surface area contributed by atoms with Crippen LogP contribution in [0.3, 0.4) is 0 Å². The highest BCUT2D eigenvalue weighted by Gasteiger charge is 2.51. The smallest absolute Gasteiger partial charge is 0.410 e. The van der Waals surface area contributed by atoms with Gasteiger partial charge in [-0.15, -0.1) is 0 Å². The van der Waals surface area contributed by atoms with Crippen LogP contribution in [-0.2, 0) is 25.3 Å². The molecule has 0 aliphatic rings. The van der Waals surface area contributed by atoms with Crippen molar-refractivity contribution in [2.24, 2.45) is 0 Å². The lowest BCUT2D eigenvalue weighted by Crippen LogP contribution is -2.67. The van der Waals surface area contributed by atoms with Crippen LogP contribution in [0.25, 0.3) is 0 Å². The number of nitrogens with zero attached hydrogens (tertiary/aromatic N) is 1. The Labute approximate surface area is 226 Å². The topological polar surface area (TPSA) is 85.3 Å². The van der Waals surface area contributed by atoms with E-state index in [0.717, 1.165) is 20.8 Å². The zero-order valence-corrected chi connectivity index (χ0v) is 23.7. The fraction of sp³-hybridized carbons (Fsp3) is 0.333. The monoisotopic (exact) mass is 535 g/mol. The largest absolute Gasteiger partial charge is 0.480 e. The van der Waals surface area contributed by atoms with E-state index in [1.165, 1.54) is 14.2 Å². The molecule has 0 heterocycles. The van der Waals surface area contributed by atoms with E-state index in [4.69, 9.17) is 13.9 Å². The van der Waals surface area contributed by atoms with Gasteiger partial charge in [0.15, 0.2) is 6.04 Å². The Hall–Kier alpha value is -3.46. The molecule has 0 radical (unpaired) electrons. The van der Waals surface area contributed by atoms with E-state index in [9.17, 15) is 14.7 Å². The number of amides is 1. The van der Waals surface area contributed by atoms with E-state index < -0.39 is 32.5 Å². The summed E-state index contributed by atoms with van der Waals surface area (Å²) in [5, 5.41) is 12.0. The molecular formula is C30H37NO6Si. The van der Waals surface area contributed by atoms with Gasteiger partial charge in [-0.05, 0) is 21.0 Å². The van der Waals surface area contributed by atoms with Gasteiger partial charge in [-0.1, -0.05) is 112 Å². The quantitative estimate of drug-likeness (QED) is 0.369. The fourth-order valence-corrected chi connectivity index (χ4v) is 9.34. The van der Waals surface area contributed by atoms with Crippen LogP contribution in [-0.4, -0.2) is 63.3 Å². The van der Waals surface area contributed by atoms with Crippen LogP contribution in [0.5, 0.6) is 0 Å². The number of likely N-dealkylation sites (N-methyl/N-ethyl adjacent to an activating group) is 1. The number of methoxy groups -OCH3 is 1. The Morgan fingerprint density at radius 2 is 1.34 bits per heavy atom. The summed E-state index contributed by atoms with van der Waals surface area (Å²) >= 11 is 0. The maximum atomic E-state index is 12.8. The normalized spacial score (nSPS) is 13.4. The number of carbonyl (C=O) groups is 2. The summed E-state index contributed by atoms with van der Waals surface area (Å²) in [6.45, 7) is 6.43. The summed E-state index contributed by atoms with van der Waals surface area (Å²) in [5.41, 5.74) is 0.805. The Morgan fingerprint density at radius 3 is 1.76 bits per heavy atom. The average Bonchev–Trinajstić information content (AvgIpc) is 2.92. The van der Waals surface area contributed by atoms with Gasteiger partial charge >= 0.3 is 12.1 Å². The van der Waals surface area contributed by atoms with Crippen molar-refractivity contribution in [2.45, 2.75) is 44.6 Å². The van der Waals surface area contributed by atoms with Crippen LogP contribution in [0, 0.1) is 0 Å². The predicted octanol–water partition coefficient (Wildman–Crippen LogP) is 4.30. The molecule has 202 valence electrons. The van der Waals surface area contributed by atoms with E-state index in [-0.39, 0.29) is 18.3 Å². The molecule has 0 bridgehead atoms. The molecule has 8 heteroatoms. The molecule has 1 unspecified atom stereocenters. The van der Waals surface area contributed by atoms with Crippen molar-refractivity contribution < 1.29 is 28.6 Å². The lowest BCUT2D eigenvalue weighted by Gasteiger charge is -2.44. The van der Waals surface area contributed by atoms with Gasteiger partial charge in [0.05, 0.1) is 6.61 Å². The molecule has 2 atom stereocenters. The highest BCUT2D eigenvalue weighted by atomic mass is 28.4. The van der Waals surface area contributed by atoms with E-state index in [2.05, 4.69) is 45.0 Å². The molecule has 0 saturated carbocycles. The van der Waals surface area contributed by atoms with Crippen molar-refractivity contribution in [3.8, 4) is 0 Å². The van der Waals surface area contributed by atoms with Crippen LogP contribution < -0.4 is 10.4 Å². The zero-order valence-electron chi connectivity index (χ0n) is 22.7. The van der Waals surface area contributed by atoms with Gasteiger partial charge in [0.1, 0.15) is 12.7 Å². The van der Waals surface area contributed by atoms with Crippen molar-refractivity contribution in [1.82, 2.24) is 4.90 Å². The summed E-state index contributed by atoms with van der Waals surface area (Å²) in [6, 6.07) is 28.0. The average molecular weight is 536 g/mol. The van der Waals surface area contributed by atoms with E-state index >= 15 is 0 Å². The third-order valence-corrected chi connectivity index (χ3v) is 11.7. The van der Waals surface area contributed by atoms with Crippen LogP contribution >= 0.6 is 0 Å². The second kappa shape index (κ2) is 12.9. The molecule has 0 spiro atoms. The summed E-state index contributed by atoms with van der Waals surface area (Å²) in [4.78, 5) is 26.3. The van der Waals surface area contributed by atoms with Crippen molar-refractivity contribution in [2.75, 3.05) is 20.8 Å². The number of aliphatic carboxylic acids is 1. The number of hydrogen-bond donors (Lipinski definition) is 1. The number of carboxylic acids is 1.